The smallest absolute Gasteiger partial charge is 0.162 e. The van der Waals surface area contributed by atoms with Crippen molar-refractivity contribution >= 4 is 33.5 Å². The summed E-state index contributed by atoms with van der Waals surface area (Å²) in [5, 5.41) is 11.7. The maximum Gasteiger partial charge on any atom is 0.162 e. The number of thiophene rings is 1. The lowest BCUT2D eigenvalue weighted by Gasteiger charge is -2.08. The number of rotatable bonds is 6. The van der Waals surface area contributed by atoms with E-state index >= 15 is 0 Å². The zero-order valence-electron chi connectivity index (χ0n) is 19.4. The molecule has 0 amide bonds. The Labute approximate surface area is 215 Å². The number of aromatic amines is 2. The molecule has 0 fully saturated rings. The van der Waals surface area contributed by atoms with Gasteiger partial charge in [0.2, 0.25) is 0 Å². The highest BCUT2D eigenvalue weighted by Gasteiger charge is 2.17. The summed E-state index contributed by atoms with van der Waals surface area (Å²) in [6, 6.07) is 20.0. The van der Waals surface area contributed by atoms with E-state index in [-0.39, 0.29) is 0 Å². The normalized spacial score (nSPS) is 11.4. The molecular weight excluding hydrogens is 482 g/mol. The summed E-state index contributed by atoms with van der Waals surface area (Å²) in [5.41, 5.74) is 8.53. The first kappa shape index (κ1) is 21.4. The molecule has 178 valence electrons. The van der Waals surface area contributed by atoms with Crippen molar-refractivity contribution in [3.8, 4) is 39.7 Å². The van der Waals surface area contributed by atoms with Crippen LogP contribution in [-0.2, 0) is 6.61 Å². The molecule has 0 bridgehead atoms. The molecule has 0 aliphatic heterocycles. The number of nitrogens with zero attached hydrogens (tertiary/aromatic N) is 5. The van der Waals surface area contributed by atoms with Crippen LogP contribution in [0.3, 0.4) is 0 Å². The van der Waals surface area contributed by atoms with Gasteiger partial charge in [0, 0.05) is 23.5 Å². The molecule has 0 radical (unpaired) electrons. The van der Waals surface area contributed by atoms with Crippen molar-refractivity contribution in [3.63, 3.8) is 0 Å². The minimum Gasteiger partial charge on any atom is -0.487 e. The van der Waals surface area contributed by atoms with E-state index in [0.717, 1.165) is 39.0 Å². The molecule has 0 aliphatic rings. The Balaban J connectivity index is 1.24. The average Bonchev–Trinajstić information content (AvgIpc) is 3.71. The van der Waals surface area contributed by atoms with Gasteiger partial charge in [-0.3, -0.25) is 10.1 Å². The van der Waals surface area contributed by atoms with Crippen molar-refractivity contribution < 1.29 is 4.74 Å². The van der Waals surface area contributed by atoms with Gasteiger partial charge in [-0.15, -0.1) is 0 Å². The van der Waals surface area contributed by atoms with Crippen LogP contribution < -0.4 is 4.74 Å². The number of ether oxygens (including phenoxy) is 1. The van der Waals surface area contributed by atoms with Crippen molar-refractivity contribution in [1.29, 1.82) is 0 Å². The first-order valence-electron chi connectivity index (χ1n) is 11.7. The Morgan fingerprint density at radius 3 is 2.73 bits per heavy atom. The van der Waals surface area contributed by atoms with Crippen molar-refractivity contribution in [2.45, 2.75) is 6.61 Å². The van der Waals surface area contributed by atoms with Crippen molar-refractivity contribution in [1.82, 2.24) is 35.1 Å². The third-order valence-corrected chi connectivity index (χ3v) is 6.79. The highest BCUT2D eigenvalue weighted by Crippen LogP contribution is 2.32. The van der Waals surface area contributed by atoms with Gasteiger partial charge in [0.25, 0.3) is 0 Å². The third-order valence-electron chi connectivity index (χ3n) is 6.11. The number of aromatic nitrogens is 7. The molecule has 6 heterocycles. The Bertz CT molecular complexity index is 1840. The quantitative estimate of drug-likeness (QED) is 0.278. The molecule has 1 aromatic carbocycles. The number of pyridine rings is 3. The second kappa shape index (κ2) is 8.96. The van der Waals surface area contributed by atoms with E-state index in [9.17, 15) is 0 Å². The van der Waals surface area contributed by atoms with Gasteiger partial charge in [0.1, 0.15) is 23.4 Å². The number of H-pyrrole nitrogens is 2. The summed E-state index contributed by atoms with van der Waals surface area (Å²) in [6.45, 7) is 0.470. The van der Waals surface area contributed by atoms with E-state index in [1.807, 2.05) is 54.6 Å². The van der Waals surface area contributed by atoms with Crippen molar-refractivity contribution in [3.05, 3.63) is 95.6 Å². The minimum absolute atomic E-state index is 0.470. The monoisotopic (exact) mass is 501 g/mol. The van der Waals surface area contributed by atoms with Gasteiger partial charge in [-0.25, -0.2) is 15.0 Å². The second-order valence-corrected chi connectivity index (χ2v) is 9.28. The molecular formula is C28H19N7OS. The van der Waals surface area contributed by atoms with Gasteiger partial charge < -0.3 is 9.72 Å². The van der Waals surface area contributed by atoms with E-state index in [1.165, 1.54) is 0 Å². The summed E-state index contributed by atoms with van der Waals surface area (Å²) in [5.74, 6) is 1.29. The number of nitrogens with one attached hydrogen (secondary N) is 2. The minimum atomic E-state index is 0.470. The highest BCUT2D eigenvalue weighted by atomic mass is 32.1. The first-order chi connectivity index (χ1) is 18.3. The Kier molecular flexibility index (Phi) is 5.18. The van der Waals surface area contributed by atoms with E-state index in [0.29, 0.717) is 35.0 Å². The molecule has 0 spiro atoms. The summed E-state index contributed by atoms with van der Waals surface area (Å²) in [4.78, 5) is 21.9. The van der Waals surface area contributed by atoms with E-state index in [4.69, 9.17) is 14.7 Å². The third kappa shape index (κ3) is 4.01. The van der Waals surface area contributed by atoms with E-state index < -0.39 is 0 Å². The maximum absolute atomic E-state index is 5.97. The van der Waals surface area contributed by atoms with Crippen LogP contribution in [-0.4, -0.2) is 35.1 Å². The molecule has 0 aliphatic carbocycles. The molecule has 2 N–H and O–H groups in total. The van der Waals surface area contributed by atoms with Crippen LogP contribution in [0.15, 0.2) is 90.0 Å². The van der Waals surface area contributed by atoms with Crippen LogP contribution in [0.5, 0.6) is 5.75 Å². The number of fused-ring (bicyclic) bond motifs is 2. The molecule has 0 atom stereocenters. The standard InChI is InChI=1S/C28H19N7OS/c1-2-4-17(5-3-1)15-36-20-12-19(13-29-14-20)22-6-7-23-25(31-22)26(35-34-23)28-32-24-21(18-9-11-37-16-18)8-10-30-27(24)33-28/h1-14,16H,15H2,(H,34,35)(H,30,32,33). The Morgan fingerprint density at radius 1 is 0.892 bits per heavy atom. The summed E-state index contributed by atoms with van der Waals surface area (Å²) in [6.07, 6.45) is 5.28. The summed E-state index contributed by atoms with van der Waals surface area (Å²) >= 11 is 1.65. The first-order valence-corrected chi connectivity index (χ1v) is 12.6. The van der Waals surface area contributed by atoms with Gasteiger partial charge >= 0.3 is 0 Å². The lowest BCUT2D eigenvalue weighted by molar-refractivity contribution is 0.305. The van der Waals surface area contributed by atoms with Crippen LogP contribution >= 0.6 is 11.3 Å². The fourth-order valence-corrected chi connectivity index (χ4v) is 4.93. The van der Waals surface area contributed by atoms with Gasteiger partial charge in [-0.1, -0.05) is 30.3 Å². The topological polar surface area (TPSA) is 105 Å². The number of imidazole rings is 1. The Morgan fingerprint density at radius 2 is 1.84 bits per heavy atom. The molecule has 0 saturated heterocycles. The molecule has 7 aromatic rings. The number of hydrogen-bond donors (Lipinski definition) is 2. The predicted molar refractivity (Wildman–Crippen MR) is 144 cm³/mol. The largest absolute Gasteiger partial charge is 0.487 e. The zero-order chi connectivity index (χ0) is 24.6. The van der Waals surface area contributed by atoms with E-state index in [2.05, 4.69) is 42.0 Å². The van der Waals surface area contributed by atoms with Gasteiger partial charge in [-0.2, -0.15) is 16.4 Å². The fourth-order valence-electron chi connectivity index (χ4n) is 4.28. The van der Waals surface area contributed by atoms with Gasteiger partial charge in [0.05, 0.1) is 17.4 Å². The molecule has 8 nitrogen and oxygen atoms in total. The van der Waals surface area contributed by atoms with Gasteiger partial charge in [-0.05, 0) is 52.2 Å². The van der Waals surface area contributed by atoms with Crippen LogP contribution in [0.2, 0.25) is 0 Å². The van der Waals surface area contributed by atoms with Crippen LogP contribution in [0, 0.1) is 0 Å². The number of hydrogen-bond acceptors (Lipinski definition) is 7. The zero-order valence-corrected chi connectivity index (χ0v) is 20.2. The van der Waals surface area contributed by atoms with Crippen molar-refractivity contribution in [2.24, 2.45) is 0 Å². The number of benzene rings is 1. The highest BCUT2D eigenvalue weighted by molar-refractivity contribution is 7.08. The lowest BCUT2D eigenvalue weighted by Crippen LogP contribution is -1.96. The molecule has 0 saturated carbocycles. The van der Waals surface area contributed by atoms with Gasteiger partial charge in [0.15, 0.2) is 17.2 Å². The van der Waals surface area contributed by atoms with Crippen molar-refractivity contribution in [2.75, 3.05) is 0 Å². The van der Waals surface area contributed by atoms with E-state index in [1.54, 1.807) is 29.9 Å². The summed E-state index contributed by atoms with van der Waals surface area (Å²) < 4.78 is 5.97. The predicted octanol–water partition coefficient (Wildman–Crippen LogP) is 6.27. The van der Waals surface area contributed by atoms with Crippen LogP contribution in [0.25, 0.3) is 56.1 Å². The van der Waals surface area contributed by atoms with Crippen LogP contribution in [0.1, 0.15) is 5.56 Å². The maximum atomic E-state index is 5.97. The lowest BCUT2D eigenvalue weighted by atomic mass is 10.1. The SMILES string of the molecule is c1ccc(COc2cncc(-c3ccc4[nH]nc(-c5nc6c(-c7ccsc7)ccnc6[nH]5)c4n3)c2)cc1. The molecule has 6 aromatic heterocycles. The fraction of sp³-hybridized carbons (Fsp3) is 0.0357. The Hall–Kier alpha value is -4.89. The average molecular weight is 502 g/mol. The second-order valence-electron chi connectivity index (χ2n) is 8.50. The molecule has 0 unspecified atom stereocenters. The molecule has 37 heavy (non-hydrogen) atoms. The summed E-state index contributed by atoms with van der Waals surface area (Å²) in [7, 11) is 0. The molecule has 9 heteroatoms. The van der Waals surface area contributed by atoms with Crippen LogP contribution in [0.4, 0.5) is 0 Å². The molecule has 7 rings (SSSR count).